The second-order valence-electron chi connectivity index (χ2n) is 12.2. The number of ether oxygens (including phenoxy) is 2. The molecule has 13 nitrogen and oxygen atoms in total. The Balaban J connectivity index is 0.000000168. The maximum atomic E-state index is 12.2. The van der Waals surface area contributed by atoms with Crippen LogP contribution < -0.4 is 20.4 Å². The van der Waals surface area contributed by atoms with Gasteiger partial charge >= 0.3 is 24.1 Å². The number of carbonyl (C=O) groups excluding carboxylic acids is 4. The highest BCUT2D eigenvalue weighted by Crippen LogP contribution is 2.34. The number of nitrogens with one attached hydrogen (secondary N) is 3. The highest BCUT2D eigenvalue weighted by atomic mass is 16.6. The van der Waals surface area contributed by atoms with E-state index >= 15 is 0 Å². The number of urea groups is 1. The van der Waals surface area contributed by atoms with Gasteiger partial charge in [-0.05, 0) is 56.2 Å². The predicted octanol–water partition coefficient (Wildman–Crippen LogP) is 4.90. The summed E-state index contributed by atoms with van der Waals surface area (Å²) in [4.78, 5) is 63.9. The lowest BCUT2D eigenvalue weighted by molar-refractivity contribution is -0.138. The second kappa shape index (κ2) is 15.4. The average Bonchev–Trinajstić information content (AvgIpc) is 3.80. The summed E-state index contributed by atoms with van der Waals surface area (Å²) in [6.45, 7) is 5.26. The second-order valence-corrected chi connectivity index (χ2v) is 12.2. The molecule has 0 saturated carbocycles. The van der Waals surface area contributed by atoms with Crippen LogP contribution in [-0.4, -0.2) is 79.0 Å². The summed E-state index contributed by atoms with van der Waals surface area (Å²) >= 11 is 0. The Morgan fingerprint density at radius 2 is 1.35 bits per heavy atom. The molecule has 0 unspecified atom stereocenters. The molecule has 2 aliphatic rings. The summed E-state index contributed by atoms with van der Waals surface area (Å²) in [5.41, 5.74) is 4.07. The van der Waals surface area contributed by atoms with E-state index in [-0.39, 0.29) is 17.9 Å². The number of carbonyl (C=O) groups is 5. The van der Waals surface area contributed by atoms with Crippen LogP contribution in [0.2, 0.25) is 0 Å². The average molecular weight is 672 g/mol. The van der Waals surface area contributed by atoms with Crippen molar-refractivity contribution >= 4 is 52.2 Å². The van der Waals surface area contributed by atoms with Crippen LogP contribution in [0, 0.1) is 0 Å². The van der Waals surface area contributed by atoms with Gasteiger partial charge in [0.2, 0.25) is 5.91 Å². The number of hydrogen-bond donors (Lipinski definition) is 4. The van der Waals surface area contributed by atoms with Crippen molar-refractivity contribution < 1.29 is 38.6 Å². The minimum atomic E-state index is -1.03. The summed E-state index contributed by atoms with van der Waals surface area (Å²) in [5, 5.41) is 15.4. The fraction of sp³-hybridized carbons (Fsp3) is 0.306. The molecule has 1 aromatic heterocycles. The van der Waals surface area contributed by atoms with Crippen molar-refractivity contribution in [2.45, 2.75) is 51.3 Å². The number of nitrogens with zero attached hydrogens (tertiary/aromatic N) is 2. The van der Waals surface area contributed by atoms with Crippen molar-refractivity contribution in [3.63, 3.8) is 0 Å². The summed E-state index contributed by atoms with van der Waals surface area (Å²) in [6, 6.07) is 22.6. The van der Waals surface area contributed by atoms with E-state index in [1.54, 1.807) is 53.1 Å². The topological polar surface area (TPSA) is 170 Å². The predicted molar refractivity (Wildman–Crippen MR) is 185 cm³/mol. The van der Waals surface area contributed by atoms with E-state index in [0.29, 0.717) is 24.2 Å². The molecule has 0 spiro atoms. The van der Waals surface area contributed by atoms with E-state index in [0.717, 1.165) is 27.7 Å². The smallest absolute Gasteiger partial charge is 0.415 e. The lowest BCUT2D eigenvalue weighted by Crippen LogP contribution is -2.50. The van der Waals surface area contributed by atoms with Gasteiger partial charge in [-0.25, -0.2) is 19.2 Å². The quantitative estimate of drug-likeness (QED) is 0.223. The molecule has 0 radical (unpaired) electrons. The molecule has 4 N–H and O–H groups in total. The maximum Gasteiger partial charge on any atom is 0.415 e. The third-order valence-electron chi connectivity index (χ3n) is 7.74. The first-order valence-electron chi connectivity index (χ1n) is 15.6. The minimum Gasteiger partial charge on any atom is -0.480 e. The highest BCUT2D eigenvalue weighted by Gasteiger charge is 2.40. The van der Waals surface area contributed by atoms with E-state index in [2.05, 4.69) is 20.4 Å². The van der Waals surface area contributed by atoms with Gasteiger partial charge in [-0.15, -0.1) is 0 Å². The van der Waals surface area contributed by atoms with Gasteiger partial charge in [0.1, 0.15) is 23.4 Å². The molecular weight excluding hydrogens is 630 g/mol. The van der Waals surface area contributed by atoms with Crippen LogP contribution in [0.15, 0.2) is 78.9 Å². The number of hydrogen-bond acceptors (Lipinski definition) is 7. The number of esters is 1. The Bertz CT molecular complexity index is 1810. The number of aromatic amines is 1. The van der Waals surface area contributed by atoms with E-state index < -0.39 is 29.7 Å². The number of carboxylic acids is 1. The number of aromatic nitrogens is 1. The summed E-state index contributed by atoms with van der Waals surface area (Å²) in [5.74, 6) is -1.51. The molecule has 258 valence electrons. The van der Waals surface area contributed by atoms with Gasteiger partial charge in [-0.2, -0.15) is 0 Å². The van der Waals surface area contributed by atoms with Crippen LogP contribution in [0.1, 0.15) is 42.4 Å². The fourth-order valence-corrected chi connectivity index (χ4v) is 5.55. The number of amides is 4. The molecule has 6 rings (SSSR count). The number of fused-ring (bicyclic) bond motifs is 3. The Morgan fingerprint density at radius 3 is 1.88 bits per heavy atom. The van der Waals surface area contributed by atoms with Gasteiger partial charge < -0.3 is 30.2 Å². The number of likely N-dealkylation sites (N-methyl/N-ethyl adjacent to an activating group) is 1. The van der Waals surface area contributed by atoms with Crippen LogP contribution in [0.4, 0.5) is 21.0 Å². The molecule has 3 heterocycles. The molecule has 49 heavy (non-hydrogen) atoms. The Morgan fingerprint density at radius 1 is 0.796 bits per heavy atom. The monoisotopic (exact) mass is 671 g/mol. The first kappa shape index (κ1) is 36.0. The maximum absolute atomic E-state index is 12.2. The van der Waals surface area contributed by atoms with Crippen LogP contribution in [0.25, 0.3) is 10.9 Å². The number of anilines is 2. The van der Waals surface area contributed by atoms with E-state index in [1.807, 2.05) is 60.7 Å². The van der Waals surface area contributed by atoms with Gasteiger partial charge in [-0.1, -0.05) is 54.6 Å². The van der Waals surface area contributed by atoms with Gasteiger partial charge in [0.25, 0.3) is 0 Å². The van der Waals surface area contributed by atoms with Crippen LogP contribution in [-0.2, 0) is 31.9 Å². The molecule has 0 fully saturated rings. The molecule has 13 heteroatoms. The standard InChI is InChI=1S/C14H17NO4.C12H15N3O2.C10H9NO2/c1-14(2,3)19-13(18)15-10-7-5-4-6-9(10)8-11(15)12(16)17;1-13-11(16)10-7-8-5-3-4-6-9(8)15(10)12(17)14-2;1-13-10(12)9-6-7-4-2-3-5-8(7)11-9/h4-7,11H,8H2,1-3H3,(H,16,17);3-6,10H,7H2,1-2H3,(H,13,16)(H,14,17);2-6,11H,1H3/t11-;10-;/m11./s1. The summed E-state index contributed by atoms with van der Waals surface area (Å²) in [7, 11) is 4.51. The van der Waals surface area contributed by atoms with Crippen LogP contribution >= 0.6 is 0 Å². The molecule has 2 atom stereocenters. The molecule has 0 saturated heterocycles. The van der Waals surface area contributed by atoms with Crippen molar-refractivity contribution in [3.8, 4) is 0 Å². The highest BCUT2D eigenvalue weighted by molar-refractivity contribution is 6.02. The van der Waals surface area contributed by atoms with Crippen molar-refractivity contribution in [1.29, 1.82) is 0 Å². The number of para-hydroxylation sites is 3. The summed E-state index contributed by atoms with van der Waals surface area (Å²) < 4.78 is 9.88. The fourth-order valence-electron chi connectivity index (χ4n) is 5.55. The molecule has 0 aliphatic carbocycles. The van der Waals surface area contributed by atoms with Crippen LogP contribution in [0.5, 0.6) is 0 Å². The number of benzene rings is 3. The van der Waals surface area contributed by atoms with Crippen LogP contribution in [0.3, 0.4) is 0 Å². The van der Waals surface area contributed by atoms with E-state index in [9.17, 15) is 29.1 Å². The SMILES string of the molecule is CC(C)(C)OC(=O)N1c2ccccc2C[C@@H]1C(=O)O.CNC(=O)[C@H]1Cc2ccccc2N1C(=O)NC.COC(=O)c1cc2ccccc2[nH]1. The van der Waals surface area contributed by atoms with Gasteiger partial charge in [-0.3, -0.25) is 14.6 Å². The van der Waals surface area contributed by atoms with E-state index in [4.69, 9.17) is 4.74 Å². The first-order chi connectivity index (χ1) is 23.3. The number of aliphatic carboxylic acids is 1. The normalized spacial score (nSPS) is 15.8. The van der Waals surface area contributed by atoms with Crippen molar-refractivity contribution in [3.05, 3.63) is 95.7 Å². The first-order valence-corrected chi connectivity index (χ1v) is 15.6. The van der Waals surface area contributed by atoms with E-state index in [1.165, 1.54) is 16.9 Å². The Labute approximate surface area is 284 Å². The molecular formula is C36H41N5O8. The number of H-pyrrole nitrogens is 1. The van der Waals surface area contributed by atoms with Crippen molar-refractivity contribution in [2.75, 3.05) is 31.0 Å². The third-order valence-corrected chi connectivity index (χ3v) is 7.74. The molecule has 4 amide bonds. The Kier molecular flexibility index (Phi) is 11.3. The lowest BCUT2D eigenvalue weighted by Gasteiger charge is -2.27. The number of carboxylic acid groups (broad SMARTS) is 1. The largest absolute Gasteiger partial charge is 0.480 e. The van der Waals surface area contributed by atoms with Crippen molar-refractivity contribution in [2.24, 2.45) is 0 Å². The van der Waals surface area contributed by atoms with Gasteiger partial charge in [0.05, 0.1) is 12.8 Å². The zero-order valence-corrected chi connectivity index (χ0v) is 28.3. The zero-order valence-electron chi connectivity index (χ0n) is 28.3. The summed E-state index contributed by atoms with van der Waals surface area (Å²) in [6.07, 6.45) is 0.249. The molecule has 2 aliphatic heterocycles. The van der Waals surface area contributed by atoms with Crippen molar-refractivity contribution in [1.82, 2.24) is 15.6 Å². The number of methoxy groups -OCH3 is 1. The third kappa shape index (κ3) is 8.36. The molecule has 3 aromatic carbocycles. The molecule has 0 bridgehead atoms. The van der Waals surface area contributed by atoms with Gasteiger partial charge in [0.15, 0.2) is 0 Å². The Hall–Kier alpha value is -5.85. The zero-order chi connectivity index (χ0) is 35.9. The minimum absolute atomic E-state index is 0.148. The van der Waals surface area contributed by atoms with Gasteiger partial charge in [0, 0.05) is 43.5 Å². The molecule has 4 aromatic rings. The number of rotatable bonds is 3. The lowest BCUT2D eigenvalue weighted by atomic mass is 10.1.